The third-order valence-electron chi connectivity index (χ3n) is 7.87. The second kappa shape index (κ2) is 12.4. The Morgan fingerprint density at radius 1 is 0.975 bits per heavy atom. The van der Waals surface area contributed by atoms with Gasteiger partial charge in [0.1, 0.15) is 6.04 Å². The Hall–Kier alpha value is -4.10. The number of para-hydroxylation sites is 2. The molecule has 3 N–H and O–H groups in total. The molecule has 1 fully saturated rings. The van der Waals surface area contributed by atoms with E-state index in [2.05, 4.69) is 43.6 Å². The number of aromatic nitrogens is 1. The lowest BCUT2D eigenvalue weighted by atomic mass is 9.90. The van der Waals surface area contributed by atoms with Crippen LogP contribution >= 0.6 is 0 Å². The molecule has 2 unspecified atom stereocenters. The van der Waals surface area contributed by atoms with Crippen LogP contribution in [0.3, 0.4) is 0 Å². The molecule has 7 nitrogen and oxygen atoms in total. The van der Waals surface area contributed by atoms with Gasteiger partial charge >= 0.3 is 0 Å². The number of rotatable bonds is 9. The molecule has 2 amide bonds. The summed E-state index contributed by atoms with van der Waals surface area (Å²) in [6.07, 6.45) is 3.46. The van der Waals surface area contributed by atoms with Gasteiger partial charge in [-0.2, -0.15) is 0 Å². The third-order valence-corrected chi connectivity index (χ3v) is 7.87. The summed E-state index contributed by atoms with van der Waals surface area (Å²) in [5.41, 5.74) is 5.04. The summed E-state index contributed by atoms with van der Waals surface area (Å²) in [5, 5.41) is 7.32. The van der Waals surface area contributed by atoms with Crippen molar-refractivity contribution in [2.24, 2.45) is 5.92 Å². The molecule has 2 heterocycles. The van der Waals surface area contributed by atoms with Crippen LogP contribution in [0.5, 0.6) is 0 Å². The van der Waals surface area contributed by atoms with Crippen LogP contribution in [0.25, 0.3) is 10.9 Å². The van der Waals surface area contributed by atoms with Crippen molar-refractivity contribution in [3.63, 3.8) is 0 Å². The van der Waals surface area contributed by atoms with Crippen molar-refractivity contribution < 1.29 is 9.59 Å². The quantitative estimate of drug-likeness (QED) is 0.268. The van der Waals surface area contributed by atoms with Crippen molar-refractivity contribution in [1.29, 1.82) is 0 Å². The number of benzene rings is 3. The van der Waals surface area contributed by atoms with E-state index in [0.29, 0.717) is 0 Å². The minimum Gasteiger partial charge on any atom is -0.371 e. The fourth-order valence-electron chi connectivity index (χ4n) is 5.71. The monoisotopic (exact) mass is 537 g/mol. The largest absolute Gasteiger partial charge is 0.371 e. The molecule has 208 valence electrons. The van der Waals surface area contributed by atoms with Crippen LogP contribution in [-0.2, 0) is 16.1 Å². The Kier molecular flexibility index (Phi) is 8.51. The van der Waals surface area contributed by atoms with Gasteiger partial charge in [0.2, 0.25) is 11.8 Å². The standard InChI is InChI=1S/C33H39N5O2/c1-23(29-21-34-30-15-8-7-14-28(29)30)31(33(40)35-26-11-9-10-24(20-26)22-37(2)3)36-32(39)25-16-18-38(19-17-25)27-12-5-4-6-13-27/h4-15,20-21,23,25,31,34H,16-19,22H2,1-3H3,(H,35,40)(H,36,39). The lowest BCUT2D eigenvalue weighted by Gasteiger charge is -2.34. The second-order valence-corrected chi connectivity index (χ2v) is 11.1. The first kappa shape index (κ1) is 27.5. The molecule has 3 aromatic carbocycles. The molecule has 1 aromatic heterocycles. The van der Waals surface area contributed by atoms with Crippen molar-refractivity contribution in [2.75, 3.05) is 37.4 Å². The summed E-state index contributed by atoms with van der Waals surface area (Å²) >= 11 is 0. The van der Waals surface area contributed by atoms with Gasteiger partial charge in [-0.1, -0.05) is 55.5 Å². The normalized spacial score (nSPS) is 15.7. The minimum atomic E-state index is -0.726. The van der Waals surface area contributed by atoms with Gasteiger partial charge in [0.25, 0.3) is 0 Å². The van der Waals surface area contributed by atoms with E-state index in [4.69, 9.17) is 0 Å². The van der Waals surface area contributed by atoms with Gasteiger partial charge in [0.15, 0.2) is 0 Å². The van der Waals surface area contributed by atoms with Crippen LogP contribution in [0, 0.1) is 5.92 Å². The fourth-order valence-corrected chi connectivity index (χ4v) is 5.71. The van der Waals surface area contributed by atoms with Crippen molar-refractivity contribution in [3.05, 3.63) is 96.2 Å². The molecule has 4 aromatic rings. The number of fused-ring (bicyclic) bond motifs is 1. The van der Waals surface area contributed by atoms with Crippen molar-refractivity contribution >= 4 is 34.1 Å². The lowest BCUT2D eigenvalue weighted by Crippen LogP contribution is -2.50. The Morgan fingerprint density at radius 3 is 2.45 bits per heavy atom. The van der Waals surface area contributed by atoms with E-state index in [9.17, 15) is 9.59 Å². The summed E-state index contributed by atoms with van der Waals surface area (Å²) < 4.78 is 0. The highest BCUT2D eigenvalue weighted by Crippen LogP contribution is 2.30. The number of H-pyrrole nitrogens is 1. The van der Waals surface area contributed by atoms with Gasteiger partial charge in [0, 0.05) is 59.9 Å². The number of carbonyl (C=O) groups excluding carboxylic acids is 2. The number of hydrogen-bond donors (Lipinski definition) is 3. The molecule has 0 aliphatic carbocycles. The number of anilines is 2. The van der Waals surface area contributed by atoms with E-state index < -0.39 is 6.04 Å². The van der Waals surface area contributed by atoms with Crippen molar-refractivity contribution in [3.8, 4) is 0 Å². The zero-order valence-electron chi connectivity index (χ0n) is 23.6. The first-order chi connectivity index (χ1) is 19.4. The highest BCUT2D eigenvalue weighted by molar-refractivity contribution is 5.99. The van der Waals surface area contributed by atoms with Crippen LogP contribution < -0.4 is 15.5 Å². The van der Waals surface area contributed by atoms with Gasteiger partial charge < -0.3 is 25.4 Å². The van der Waals surface area contributed by atoms with E-state index >= 15 is 0 Å². The molecule has 2 atom stereocenters. The summed E-state index contributed by atoms with van der Waals surface area (Å²) in [6.45, 7) is 4.42. The summed E-state index contributed by atoms with van der Waals surface area (Å²) in [4.78, 5) is 35.2. The van der Waals surface area contributed by atoms with Crippen LogP contribution in [0.15, 0.2) is 85.1 Å². The molecule has 1 saturated heterocycles. The smallest absolute Gasteiger partial charge is 0.247 e. The number of amides is 2. The van der Waals surface area contributed by atoms with Crippen LogP contribution in [0.1, 0.15) is 36.8 Å². The van der Waals surface area contributed by atoms with Gasteiger partial charge in [-0.25, -0.2) is 0 Å². The summed E-state index contributed by atoms with van der Waals surface area (Å²) in [7, 11) is 4.04. The predicted octanol–water partition coefficient (Wildman–Crippen LogP) is 5.37. The van der Waals surface area contributed by atoms with E-state index in [1.54, 1.807) is 0 Å². The summed E-state index contributed by atoms with van der Waals surface area (Å²) in [5.74, 6) is -0.640. The van der Waals surface area contributed by atoms with Gasteiger partial charge in [-0.15, -0.1) is 0 Å². The molecule has 0 saturated carbocycles. The first-order valence-corrected chi connectivity index (χ1v) is 14.1. The molecular weight excluding hydrogens is 498 g/mol. The molecule has 1 aliphatic rings. The van der Waals surface area contributed by atoms with Crippen LogP contribution in [0.2, 0.25) is 0 Å². The average Bonchev–Trinajstić information content (AvgIpc) is 3.40. The molecule has 40 heavy (non-hydrogen) atoms. The molecule has 0 radical (unpaired) electrons. The Labute approximate surface area is 236 Å². The van der Waals surface area contributed by atoms with E-state index in [0.717, 1.165) is 60.2 Å². The molecule has 7 heteroatoms. The zero-order valence-corrected chi connectivity index (χ0v) is 23.6. The second-order valence-electron chi connectivity index (χ2n) is 11.1. The van der Waals surface area contributed by atoms with Crippen LogP contribution in [-0.4, -0.2) is 54.9 Å². The van der Waals surface area contributed by atoms with Crippen molar-refractivity contribution in [2.45, 2.75) is 38.3 Å². The highest BCUT2D eigenvalue weighted by atomic mass is 16.2. The van der Waals surface area contributed by atoms with Crippen molar-refractivity contribution in [1.82, 2.24) is 15.2 Å². The average molecular weight is 538 g/mol. The Morgan fingerprint density at radius 2 is 1.70 bits per heavy atom. The molecule has 5 rings (SSSR count). The zero-order chi connectivity index (χ0) is 28.1. The maximum atomic E-state index is 13.8. The van der Waals surface area contributed by atoms with E-state index in [1.165, 1.54) is 5.69 Å². The number of aromatic amines is 1. The van der Waals surface area contributed by atoms with E-state index in [1.807, 2.05) is 87.9 Å². The molecule has 0 spiro atoms. The van der Waals surface area contributed by atoms with E-state index in [-0.39, 0.29) is 23.7 Å². The predicted molar refractivity (Wildman–Crippen MR) is 162 cm³/mol. The molecular formula is C33H39N5O2. The SMILES string of the molecule is CC(c1c[nH]c2ccccc12)C(NC(=O)C1CCN(c2ccccc2)CC1)C(=O)Nc1cccc(CN(C)C)c1. The Balaban J connectivity index is 1.34. The maximum Gasteiger partial charge on any atom is 0.247 e. The summed E-state index contributed by atoms with van der Waals surface area (Å²) in [6, 6.07) is 25.5. The Bertz CT molecular complexity index is 1440. The molecule has 1 aliphatic heterocycles. The van der Waals surface area contributed by atoms with Crippen LogP contribution in [0.4, 0.5) is 11.4 Å². The first-order valence-electron chi connectivity index (χ1n) is 14.1. The number of nitrogens with one attached hydrogen (secondary N) is 3. The molecule has 0 bridgehead atoms. The minimum absolute atomic E-state index is 0.0547. The van der Waals surface area contributed by atoms with Gasteiger partial charge in [0.05, 0.1) is 0 Å². The lowest BCUT2D eigenvalue weighted by molar-refractivity contribution is -0.130. The number of hydrogen-bond acceptors (Lipinski definition) is 4. The number of carbonyl (C=O) groups is 2. The van der Waals surface area contributed by atoms with Gasteiger partial charge in [-0.05, 0) is 68.4 Å². The number of piperidine rings is 1. The number of nitrogens with zero attached hydrogens (tertiary/aromatic N) is 2. The van der Waals surface area contributed by atoms with Gasteiger partial charge in [-0.3, -0.25) is 9.59 Å². The highest BCUT2D eigenvalue weighted by Gasteiger charge is 2.33. The third kappa shape index (κ3) is 6.37. The fraction of sp³-hybridized carbons (Fsp3) is 0.333. The topological polar surface area (TPSA) is 80.5 Å². The maximum absolute atomic E-state index is 13.8.